The highest BCUT2D eigenvalue weighted by molar-refractivity contribution is 6.21. The summed E-state index contributed by atoms with van der Waals surface area (Å²) in [5, 5.41) is 5.07. The predicted octanol–water partition coefficient (Wildman–Crippen LogP) is 11.5. The lowest BCUT2D eigenvalue weighted by molar-refractivity contribution is 0.271. The van der Waals surface area contributed by atoms with Gasteiger partial charge in [0.15, 0.2) is 0 Å². The Morgan fingerprint density at radius 2 is 0.978 bits per heavy atom. The average molecular weight is 575 g/mol. The van der Waals surface area contributed by atoms with Crippen LogP contribution < -0.4 is 4.74 Å². The van der Waals surface area contributed by atoms with Crippen molar-refractivity contribution in [2.75, 3.05) is 0 Å². The van der Waals surface area contributed by atoms with Gasteiger partial charge in [-0.15, -0.1) is 0 Å². The van der Waals surface area contributed by atoms with Crippen LogP contribution in [0.15, 0.2) is 170 Å². The van der Waals surface area contributed by atoms with Crippen molar-refractivity contribution in [1.82, 2.24) is 0 Å². The first-order chi connectivity index (χ1) is 22.3. The van der Waals surface area contributed by atoms with Crippen molar-refractivity contribution in [2.24, 2.45) is 0 Å². The van der Waals surface area contributed by atoms with Crippen LogP contribution in [0.2, 0.25) is 0 Å². The van der Waals surface area contributed by atoms with Crippen molar-refractivity contribution in [3.63, 3.8) is 0 Å². The average Bonchev–Trinajstić information content (AvgIpc) is 3.49. The Labute approximate surface area is 263 Å². The number of allylic oxidation sites excluding steroid dienone is 2. The minimum absolute atomic E-state index is 0.0235. The zero-order valence-electron chi connectivity index (χ0n) is 24.7. The van der Waals surface area contributed by atoms with E-state index in [1.807, 2.05) is 0 Å². The van der Waals surface area contributed by atoms with Gasteiger partial charge in [-0.25, -0.2) is 0 Å². The molecule has 0 aromatic heterocycles. The summed E-state index contributed by atoms with van der Waals surface area (Å²) in [5.74, 6) is 1.09. The molecule has 1 heterocycles. The Morgan fingerprint density at radius 1 is 0.422 bits per heavy atom. The second-order valence-corrected chi connectivity index (χ2v) is 12.0. The summed E-state index contributed by atoms with van der Waals surface area (Å²) < 4.78 is 6.59. The van der Waals surface area contributed by atoms with E-state index in [1.165, 1.54) is 71.6 Å². The molecule has 7 aromatic rings. The Hall–Kier alpha value is -5.66. The minimum atomic E-state index is -0.0235. The third kappa shape index (κ3) is 4.24. The lowest BCUT2D eigenvalue weighted by atomic mass is 9.79. The van der Waals surface area contributed by atoms with Crippen LogP contribution in [0.1, 0.15) is 17.0 Å². The van der Waals surface area contributed by atoms with Crippen molar-refractivity contribution in [1.29, 1.82) is 0 Å². The molecule has 9 rings (SSSR count). The molecule has 1 heteroatoms. The molecule has 2 unspecified atom stereocenters. The largest absolute Gasteiger partial charge is 0.485 e. The van der Waals surface area contributed by atoms with Gasteiger partial charge in [-0.2, -0.15) is 0 Å². The van der Waals surface area contributed by atoms with Crippen LogP contribution in [0.3, 0.4) is 0 Å². The molecule has 1 aliphatic heterocycles. The zero-order valence-corrected chi connectivity index (χ0v) is 24.7. The Morgan fingerprint density at radius 3 is 1.64 bits per heavy atom. The minimum Gasteiger partial charge on any atom is -0.485 e. The lowest BCUT2D eigenvalue weighted by Crippen LogP contribution is -2.19. The summed E-state index contributed by atoms with van der Waals surface area (Å²) in [7, 11) is 0. The molecule has 0 fully saturated rings. The molecule has 2 atom stereocenters. The van der Waals surface area contributed by atoms with Crippen LogP contribution in [-0.2, 0) is 0 Å². The van der Waals surface area contributed by atoms with Gasteiger partial charge in [0.05, 0.1) is 5.92 Å². The first kappa shape index (κ1) is 25.8. The maximum atomic E-state index is 6.59. The second kappa shape index (κ2) is 10.5. The van der Waals surface area contributed by atoms with Gasteiger partial charge in [-0.3, -0.25) is 0 Å². The van der Waals surface area contributed by atoms with Gasteiger partial charge >= 0.3 is 0 Å². The number of benzene rings is 7. The smallest absolute Gasteiger partial charge is 0.128 e. The molecule has 0 N–H and O–H groups in total. The van der Waals surface area contributed by atoms with E-state index in [2.05, 4.69) is 170 Å². The molecular formula is C44H30O. The van der Waals surface area contributed by atoms with Gasteiger partial charge < -0.3 is 4.74 Å². The third-order valence-corrected chi connectivity index (χ3v) is 9.43. The van der Waals surface area contributed by atoms with Gasteiger partial charge in [0.1, 0.15) is 11.9 Å². The number of rotatable bonds is 4. The summed E-state index contributed by atoms with van der Waals surface area (Å²) in [6.45, 7) is 0. The normalized spacial score (nSPS) is 16.7. The van der Waals surface area contributed by atoms with Crippen LogP contribution in [0.25, 0.3) is 60.5 Å². The second-order valence-electron chi connectivity index (χ2n) is 12.0. The standard InChI is InChI=1S/C44H30O/c1-3-13-29(14-4-1)31-17-11-18-32(27-31)34-23-12-24-41-44(34)39-28-33(25-26-40(39)45-41)43-37-21-9-7-19-35(37)42(30-15-5-2-6-16-30)36-20-8-10-22-38(36)43/h1-28,41,44H. The van der Waals surface area contributed by atoms with E-state index in [0.717, 1.165) is 5.75 Å². The molecule has 45 heavy (non-hydrogen) atoms. The summed E-state index contributed by atoms with van der Waals surface area (Å²) in [5.41, 5.74) is 11.3. The van der Waals surface area contributed by atoms with Crippen molar-refractivity contribution < 1.29 is 4.74 Å². The molecule has 212 valence electrons. The summed E-state index contributed by atoms with van der Waals surface area (Å²) in [6, 6.07) is 54.9. The predicted molar refractivity (Wildman–Crippen MR) is 188 cm³/mol. The highest BCUT2D eigenvalue weighted by atomic mass is 16.5. The van der Waals surface area contributed by atoms with E-state index < -0.39 is 0 Å². The van der Waals surface area contributed by atoms with Crippen molar-refractivity contribution in [2.45, 2.75) is 12.0 Å². The third-order valence-electron chi connectivity index (χ3n) is 9.43. The van der Waals surface area contributed by atoms with Gasteiger partial charge in [0.25, 0.3) is 0 Å². The number of ether oxygens (including phenoxy) is 1. The molecule has 0 radical (unpaired) electrons. The van der Waals surface area contributed by atoms with E-state index in [9.17, 15) is 0 Å². The number of hydrogen-bond acceptors (Lipinski definition) is 1. The van der Waals surface area contributed by atoms with Crippen molar-refractivity contribution in [3.8, 4) is 39.1 Å². The zero-order chi connectivity index (χ0) is 29.7. The van der Waals surface area contributed by atoms with Crippen LogP contribution in [0.4, 0.5) is 0 Å². The molecule has 0 saturated carbocycles. The summed E-state index contributed by atoms with van der Waals surface area (Å²) in [4.78, 5) is 0. The van der Waals surface area contributed by atoms with E-state index in [0.29, 0.717) is 0 Å². The van der Waals surface area contributed by atoms with Gasteiger partial charge in [-0.1, -0.05) is 146 Å². The maximum absolute atomic E-state index is 6.59. The first-order valence-electron chi connectivity index (χ1n) is 15.7. The molecule has 2 aliphatic rings. The molecule has 7 aromatic carbocycles. The maximum Gasteiger partial charge on any atom is 0.128 e. The molecule has 0 spiro atoms. The van der Waals surface area contributed by atoms with Gasteiger partial charge in [0, 0.05) is 5.56 Å². The summed E-state index contributed by atoms with van der Waals surface area (Å²) in [6.07, 6.45) is 6.61. The first-order valence-corrected chi connectivity index (χ1v) is 15.7. The van der Waals surface area contributed by atoms with Crippen LogP contribution in [0.5, 0.6) is 5.75 Å². The fourth-order valence-corrected chi connectivity index (χ4v) is 7.45. The van der Waals surface area contributed by atoms with Crippen LogP contribution in [-0.4, -0.2) is 6.10 Å². The fourth-order valence-electron chi connectivity index (χ4n) is 7.45. The quantitative estimate of drug-likeness (QED) is 0.190. The van der Waals surface area contributed by atoms with Crippen molar-refractivity contribution >= 4 is 27.1 Å². The molecule has 0 amide bonds. The van der Waals surface area contributed by atoms with Crippen LogP contribution >= 0.6 is 0 Å². The topological polar surface area (TPSA) is 9.23 Å². The lowest BCUT2D eigenvalue weighted by Gasteiger charge is -2.23. The number of hydrogen-bond donors (Lipinski definition) is 0. The van der Waals surface area contributed by atoms with Gasteiger partial charge in [-0.05, 0) is 90.3 Å². The Kier molecular flexibility index (Phi) is 6.02. The molecule has 0 bridgehead atoms. The molecule has 0 saturated heterocycles. The van der Waals surface area contributed by atoms with Crippen LogP contribution in [0, 0.1) is 0 Å². The summed E-state index contributed by atoms with van der Waals surface area (Å²) >= 11 is 0. The van der Waals surface area contributed by atoms with E-state index in [-0.39, 0.29) is 12.0 Å². The Bertz CT molecular complexity index is 2240. The monoisotopic (exact) mass is 574 g/mol. The van der Waals surface area contributed by atoms with Gasteiger partial charge in [0.2, 0.25) is 0 Å². The van der Waals surface area contributed by atoms with Crippen molar-refractivity contribution in [3.05, 3.63) is 181 Å². The van der Waals surface area contributed by atoms with E-state index >= 15 is 0 Å². The highest BCUT2D eigenvalue weighted by Gasteiger charge is 2.37. The molecule has 1 aliphatic carbocycles. The van der Waals surface area contributed by atoms with E-state index in [1.54, 1.807) is 0 Å². The SMILES string of the molecule is C1=CC2Oc3ccc(-c4c5ccccc5c(-c5ccccc5)c5ccccc45)cc3C2C(c2cccc(-c3ccccc3)c2)=C1. The highest BCUT2D eigenvalue weighted by Crippen LogP contribution is 2.51. The number of fused-ring (bicyclic) bond motifs is 5. The fraction of sp³-hybridized carbons (Fsp3) is 0.0455. The Balaban J connectivity index is 1.22. The molecule has 1 nitrogen and oxygen atoms in total. The molecular weight excluding hydrogens is 544 g/mol. The van der Waals surface area contributed by atoms with E-state index in [4.69, 9.17) is 4.74 Å².